The lowest BCUT2D eigenvalue weighted by Crippen LogP contribution is -2.00. The van der Waals surface area contributed by atoms with Crippen molar-refractivity contribution in [3.8, 4) is 45.3 Å². The average Bonchev–Trinajstić information content (AvgIpc) is 3.42. The van der Waals surface area contributed by atoms with Crippen molar-refractivity contribution in [1.29, 1.82) is 0 Å². The fraction of sp³-hybridized carbons (Fsp3) is 0. The molecule has 0 aliphatic rings. The summed E-state index contributed by atoms with van der Waals surface area (Å²) in [6.07, 6.45) is 0. The van der Waals surface area contributed by atoms with Crippen LogP contribution < -0.4 is 0 Å². The Bertz CT molecular complexity index is 2200. The minimum Gasteiger partial charge on any atom is -0.208 e. The lowest BCUT2D eigenvalue weighted by atomic mass is 10.0. The molecule has 2 heterocycles. The Kier molecular flexibility index (Phi) is 5.64. The highest BCUT2D eigenvalue weighted by Crippen LogP contribution is 2.38. The number of hydrogen-bond acceptors (Lipinski definition) is 4. The van der Waals surface area contributed by atoms with Gasteiger partial charge < -0.3 is 0 Å². The van der Waals surface area contributed by atoms with Gasteiger partial charge in [-0.25, -0.2) is 15.0 Å². The highest BCUT2D eigenvalue weighted by molar-refractivity contribution is 7.25. The molecule has 192 valence electrons. The molecule has 8 aromatic rings. The quantitative estimate of drug-likeness (QED) is 0.222. The van der Waals surface area contributed by atoms with Gasteiger partial charge in [0.15, 0.2) is 17.5 Å². The molecule has 4 heteroatoms. The van der Waals surface area contributed by atoms with E-state index in [1.54, 1.807) is 11.3 Å². The molecule has 0 N–H and O–H groups in total. The number of rotatable bonds is 4. The van der Waals surface area contributed by atoms with Crippen LogP contribution in [-0.4, -0.2) is 15.0 Å². The largest absolute Gasteiger partial charge is 0.208 e. The Hall–Kier alpha value is -5.19. The maximum Gasteiger partial charge on any atom is 0.164 e. The molecule has 0 aliphatic carbocycles. The lowest BCUT2D eigenvalue weighted by Gasteiger charge is -2.10. The zero-order chi connectivity index (χ0) is 27.2. The fourth-order valence-electron chi connectivity index (χ4n) is 5.49. The molecule has 6 aromatic carbocycles. The van der Waals surface area contributed by atoms with Crippen molar-refractivity contribution >= 4 is 42.3 Å². The molecule has 41 heavy (non-hydrogen) atoms. The van der Waals surface area contributed by atoms with E-state index in [-0.39, 0.29) is 0 Å². The summed E-state index contributed by atoms with van der Waals surface area (Å²) in [6.45, 7) is 0. The van der Waals surface area contributed by atoms with Crippen molar-refractivity contribution in [1.82, 2.24) is 15.0 Å². The molecule has 0 aliphatic heterocycles. The lowest BCUT2D eigenvalue weighted by molar-refractivity contribution is 1.08. The molecule has 0 spiro atoms. The molecule has 2 aromatic heterocycles. The summed E-state index contributed by atoms with van der Waals surface area (Å²) in [5, 5.41) is 4.81. The second-order valence-electron chi connectivity index (χ2n) is 10.1. The summed E-state index contributed by atoms with van der Waals surface area (Å²) in [4.78, 5) is 15.0. The molecule has 0 radical (unpaired) electrons. The van der Waals surface area contributed by atoms with Crippen molar-refractivity contribution in [2.75, 3.05) is 0 Å². The van der Waals surface area contributed by atoms with Crippen LogP contribution in [0.15, 0.2) is 140 Å². The minimum atomic E-state index is 0.669. The fourth-order valence-corrected chi connectivity index (χ4v) is 6.61. The van der Waals surface area contributed by atoms with Gasteiger partial charge >= 0.3 is 0 Å². The Morgan fingerprint density at radius 2 is 1.02 bits per heavy atom. The molecule has 0 amide bonds. The first-order chi connectivity index (χ1) is 20.3. The topological polar surface area (TPSA) is 38.7 Å². The molecule has 0 bridgehead atoms. The highest BCUT2D eigenvalue weighted by atomic mass is 32.1. The first-order valence-corrected chi connectivity index (χ1v) is 14.4. The Morgan fingerprint density at radius 1 is 0.366 bits per heavy atom. The van der Waals surface area contributed by atoms with Crippen molar-refractivity contribution < 1.29 is 0 Å². The summed E-state index contributed by atoms with van der Waals surface area (Å²) >= 11 is 1.81. The predicted molar refractivity (Wildman–Crippen MR) is 172 cm³/mol. The number of fused-ring (bicyclic) bond motifs is 4. The molecule has 0 saturated carbocycles. The van der Waals surface area contributed by atoms with Crippen LogP contribution in [0.5, 0.6) is 0 Å². The normalized spacial score (nSPS) is 11.4. The minimum absolute atomic E-state index is 0.669. The van der Waals surface area contributed by atoms with Crippen LogP contribution in [0.4, 0.5) is 0 Å². The third-order valence-corrected chi connectivity index (χ3v) is 8.67. The maximum atomic E-state index is 5.05. The monoisotopic (exact) mass is 541 g/mol. The Labute approximate surface area is 241 Å². The maximum absolute atomic E-state index is 5.05. The number of aromatic nitrogens is 3. The van der Waals surface area contributed by atoms with Crippen molar-refractivity contribution in [2.45, 2.75) is 0 Å². The SMILES string of the molecule is c1ccc(-c2ccc3sc4cc(-c5nc(-c6ccccc6)nc(-c6cccc7ccccc67)n5)ccc4c3c2)cc1. The average molecular weight is 542 g/mol. The van der Waals surface area contributed by atoms with Crippen LogP contribution in [-0.2, 0) is 0 Å². The van der Waals surface area contributed by atoms with E-state index in [4.69, 9.17) is 15.0 Å². The third-order valence-electron chi connectivity index (χ3n) is 7.53. The van der Waals surface area contributed by atoms with Gasteiger partial charge in [0.1, 0.15) is 0 Å². The summed E-state index contributed by atoms with van der Waals surface area (Å²) in [5.74, 6) is 2.02. The van der Waals surface area contributed by atoms with Gasteiger partial charge in [0.05, 0.1) is 0 Å². The van der Waals surface area contributed by atoms with E-state index in [0.717, 1.165) is 27.5 Å². The van der Waals surface area contributed by atoms with Crippen LogP contribution in [0, 0.1) is 0 Å². The van der Waals surface area contributed by atoms with E-state index in [2.05, 4.69) is 109 Å². The van der Waals surface area contributed by atoms with Gasteiger partial charge in [0, 0.05) is 36.9 Å². The summed E-state index contributed by atoms with van der Waals surface area (Å²) in [5.41, 5.74) is 5.40. The molecule has 8 rings (SSSR count). The molecule has 0 atom stereocenters. The molecule has 0 saturated heterocycles. The zero-order valence-electron chi connectivity index (χ0n) is 22.0. The van der Waals surface area contributed by atoms with Crippen molar-refractivity contribution in [3.05, 3.63) is 140 Å². The summed E-state index contributed by atoms with van der Waals surface area (Å²) in [6, 6.07) is 48.7. The molecular weight excluding hydrogens is 518 g/mol. The molecule has 3 nitrogen and oxygen atoms in total. The summed E-state index contributed by atoms with van der Waals surface area (Å²) < 4.78 is 2.49. The van der Waals surface area contributed by atoms with Gasteiger partial charge in [-0.1, -0.05) is 121 Å². The van der Waals surface area contributed by atoms with Crippen molar-refractivity contribution in [3.63, 3.8) is 0 Å². The first-order valence-electron chi connectivity index (χ1n) is 13.6. The van der Waals surface area contributed by atoms with Gasteiger partial charge in [-0.05, 0) is 40.1 Å². The molecule has 0 fully saturated rings. The smallest absolute Gasteiger partial charge is 0.164 e. The number of hydrogen-bond donors (Lipinski definition) is 0. The third kappa shape index (κ3) is 4.26. The van der Waals surface area contributed by atoms with E-state index >= 15 is 0 Å². The zero-order valence-corrected chi connectivity index (χ0v) is 22.8. The number of nitrogens with zero attached hydrogens (tertiary/aromatic N) is 3. The Morgan fingerprint density at radius 3 is 1.85 bits per heavy atom. The van der Waals surface area contributed by atoms with Gasteiger partial charge in [-0.2, -0.15) is 0 Å². The predicted octanol–water partition coefficient (Wildman–Crippen LogP) is 10.1. The van der Waals surface area contributed by atoms with E-state index in [1.165, 1.54) is 31.3 Å². The van der Waals surface area contributed by atoms with Crippen LogP contribution in [0.2, 0.25) is 0 Å². The van der Waals surface area contributed by atoms with Crippen LogP contribution in [0.3, 0.4) is 0 Å². The number of benzene rings is 6. The second-order valence-corrected chi connectivity index (χ2v) is 11.2. The van der Waals surface area contributed by atoms with E-state index in [9.17, 15) is 0 Å². The van der Waals surface area contributed by atoms with E-state index in [1.807, 2.05) is 30.3 Å². The van der Waals surface area contributed by atoms with Gasteiger partial charge in [-0.15, -0.1) is 11.3 Å². The second kappa shape index (κ2) is 9.77. The van der Waals surface area contributed by atoms with Gasteiger partial charge in [0.25, 0.3) is 0 Å². The molecule has 0 unspecified atom stereocenters. The molecular formula is C37H23N3S. The van der Waals surface area contributed by atoms with Crippen LogP contribution >= 0.6 is 11.3 Å². The standard InChI is InChI=1S/C37H23N3S/c1-3-10-24(11-4-1)27-19-21-33-32(22-27)30-20-18-28(23-34(30)41-33)36-38-35(26-13-5-2-6-14-26)39-37(40-36)31-17-9-15-25-12-7-8-16-29(25)31/h1-23H. The Balaban J connectivity index is 1.30. The van der Waals surface area contributed by atoms with Crippen LogP contribution in [0.25, 0.3) is 76.2 Å². The highest BCUT2D eigenvalue weighted by Gasteiger charge is 2.15. The summed E-state index contributed by atoms with van der Waals surface area (Å²) in [7, 11) is 0. The van der Waals surface area contributed by atoms with Crippen molar-refractivity contribution in [2.24, 2.45) is 0 Å². The van der Waals surface area contributed by atoms with E-state index in [0.29, 0.717) is 17.5 Å². The first kappa shape index (κ1) is 23.7. The van der Waals surface area contributed by atoms with Gasteiger partial charge in [-0.3, -0.25) is 0 Å². The van der Waals surface area contributed by atoms with Gasteiger partial charge in [0.2, 0.25) is 0 Å². The number of thiophene rings is 1. The van der Waals surface area contributed by atoms with E-state index < -0.39 is 0 Å². The van der Waals surface area contributed by atoms with Crippen LogP contribution in [0.1, 0.15) is 0 Å².